The number of anilines is 2. The highest BCUT2D eigenvalue weighted by Gasteiger charge is 2.06. The Labute approximate surface area is 83.9 Å². The normalized spacial score (nSPS) is 10.1. The zero-order chi connectivity index (χ0) is 10.4. The number of nitrogens with zero attached hydrogens (tertiary/aromatic N) is 3. The van der Waals surface area contributed by atoms with Crippen LogP contribution in [0, 0.1) is 0 Å². The summed E-state index contributed by atoms with van der Waals surface area (Å²) in [6, 6.07) is 1.67. The molecule has 0 radical (unpaired) electrons. The molecule has 2 N–H and O–H groups in total. The number of likely N-dealkylation sites (N-methyl/N-ethyl adjacent to an activating group) is 1. The first-order chi connectivity index (χ1) is 6.77. The van der Waals surface area contributed by atoms with E-state index in [0.717, 1.165) is 13.1 Å². The maximum Gasteiger partial charge on any atom is 0.227 e. The molecule has 0 saturated carbocycles. The maximum absolute atomic E-state index is 5.57. The highest BCUT2D eigenvalue weighted by Crippen LogP contribution is 2.07. The molecule has 0 aliphatic heterocycles. The van der Waals surface area contributed by atoms with Crippen molar-refractivity contribution in [1.82, 2.24) is 9.97 Å². The van der Waals surface area contributed by atoms with E-state index in [2.05, 4.69) is 9.97 Å². The number of rotatable bonds is 5. The van der Waals surface area contributed by atoms with Crippen LogP contribution in [0.25, 0.3) is 0 Å². The first-order valence-corrected chi connectivity index (χ1v) is 4.60. The van der Waals surface area contributed by atoms with Crippen molar-refractivity contribution >= 4 is 11.8 Å². The minimum Gasteiger partial charge on any atom is -0.384 e. The van der Waals surface area contributed by atoms with Crippen LogP contribution in [0.4, 0.5) is 11.8 Å². The number of hydrogen-bond donors (Lipinski definition) is 1. The summed E-state index contributed by atoms with van der Waals surface area (Å²) in [5.74, 6) is 1.15. The smallest absolute Gasteiger partial charge is 0.227 e. The number of hydrogen-bond acceptors (Lipinski definition) is 5. The first-order valence-electron chi connectivity index (χ1n) is 4.60. The lowest BCUT2D eigenvalue weighted by atomic mass is 10.5. The van der Waals surface area contributed by atoms with E-state index in [-0.39, 0.29) is 0 Å². The van der Waals surface area contributed by atoms with Crippen molar-refractivity contribution in [2.45, 2.75) is 6.92 Å². The van der Waals surface area contributed by atoms with Crippen LogP contribution in [-0.2, 0) is 4.74 Å². The van der Waals surface area contributed by atoms with Crippen molar-refractivity contribution in [3.63, 3.8) is 0 Å². The highest BCUT2D eigenvalue weighted by molar-refractivity contribution is 5.37. The lowest BCUT2D eigenvalue weighted by Gasteiger charge is -2.19. The van der Waals surface area contributed by atoms with Crippen molar-refractivity contribution in [2.24, 2.45) is 0 Å². The molecule has 0 atom stereocenters. The van der Waals surface area contributed by atoms with Crippen molar-refractivity contribution in [3.05, 3.63) is 12.3 Å². The van der Waals surface area contributed by atoms with Gasteiger partial charge in [-0.15, -0.1) is 0 Å². The van der Waals surface area contributed by atoms with E-state index >= 15 is 0 Å². The molecular formula is C9H16N4O. The van der Waals surface area contributed by atoms with Crippen molar-refractivity contribution < 1.29 is 4.74 Å². The first kappa shape index (κ1) is 10.7. The zero-order valence-electron chi connectivity index (χ0n) is 8.60. The predicted molar refractivity (Wildman–Crippen MR) is 56.2 cm³/mol. The quantitative estimate of drug-likeness (QED) is 0.744. The molecule has 0 unspecified atom stereocenters. The van der Waals surface area contributed by atoms with E-state index in [1.165, 1.54) is 0 Å². The molecule has 5 nitrogen and oxygen atoms in total. The summed E-state index contributed by atoms with van der Waals surface area (Å²) in [7, 11) is 1.67. The average molecular weight is 196 g/mol. The maximum atomic E-state index is 5.57. The fourth-order valence-corrected chi connectivity index (χ4v) is 1.12. The summed E-state index contributed by atoms with van der Waals surface area (Å²) in [5, 5.41) is 0. The van der Waals surface area contributed by atoms with E-state index in [1.807, 2.05) is 11.8 Å². The Hall–Kier alpha value is -1.36. The lowest BCUT2D eigenvalue weighted by molar-refractivity contribution is 0.205. The third kappa shape index (κ3) is 2.85. The van der Waals surface area contributed by atoms with Crippen LogP contribution < -0.4 is 10.6 Å². The number of ether oxygens (including phenoxy) is 1. The summed E-state index contributed by atoms with van der Waals surface area (Å²) < 4.78 is 5.00. The molecule has 0 aliphatic rings. The summed E-state index contributed by atoms with van der Waals surface area (Å²) in [4.78, 5) is 10.3. The van der Waals surface area contributed by atoms with Gasteiger partial charge in [0, 0.05) is 26.4 Å². The van der Waals surface area contributed by atoms with Gasteiger partial charge in [0.05, 0.1) is 6.61 Å². The Kier molecular flexibility index (Phi) is 4.12. The fraction of sp³-hybridized carbons (Fsp3) is 0.556. The van der Waals surface area contributed by atoms with Gasteiger partial charge < -0.3 is 15.4 Å². The Morgan fingerprint density at radius 1 is 1.57 bits per heavy atom. The molecule has 0 amide bonds. The van der Waals surface area contributed by atoms with Crippen molar-refractivity contribution in [3.8, 4) is 0 Å². The number of aromatic nitrogens is 2. The number of nitrogen functional groups attached to an aromatic ring is 1. The van der Waals surface area contributed by atoms with E-state index in [0.29, 0.717) is 18.4 Å². The van der Waals surface area contributed by atoms with Gasteiger partial charge in [-0.05, 0) is 13.0 Å². The highest BCUT2D eigenvalue weighted by atomic mass is 16.5. The van der Waals surface area contributed by atoms with Crippen molar-refractivity contribution in [2.75, 3.05) is 37.4 Å². The van der Waals surface area contributed by atoms with Crippen molar-refractivity contribution in [1.29, 1.82) is 0 Å². The third-order valence-electron chi connectivity index (χ3n) is 1.89. The van der Waals surface area contributed by atoms with Gasteiger partial charge in [0.1, 0.15) is 5.82 Å². The van der Waals surface area contributed by atoms with E-state index in [9.17, 15) is 0 Å². The van der Waals surface area contributed by atoms with Crippen LogP contribution >= 0.6 is 0 Å². The van der Waals surface area contributed by atoms with Gasteiger partial charge in [-0.25, -0.2) is 4.98 Å². The minimum atomic E-state index is 0.492. The molecule has 1 aromatic heterocycles. The molecule has 1 rings (SSSR count). The summed E-state index contributed by atoms with van der Waals surface area (Å²) in [5.41, 5.74) is 5.57. The molecule has 14 heavy (non-hydrogen) atoms. The van der Waals surface area contributed by atoms with Gasteiger partial charge in [-0.2, -0.15) is 4.98 Å². The lowest BCUT2D eigenvalue weighted by Crippen LogP contribution is -2.28. The predicted octanol–water partition coefficient (Wildman–Crippen LogP) is 0.531. The molecule has 0 bridgehead atoms. The zero-order valence-corrected chi connectivity index (χ0v) is 8.60. The van der Waals surface area contributed by atoms with Crippen LogP contribution in [0.5, 0.6) is 0 Å². The molecule has 1 heterocycles. The van der Waals surface area contributed by atoms with Gasteiger partial charge in [-0.3, -0.25) is 0 Å². The van der Waals surface area contributed by atoms with Gasteiger partial charge in [-0.1, -0.05) is 0 Å². The molecule has 0 spiro atoms. The Morgan fingerprint density at radius 3 is 2.93 bits per heavy atom. The second kappa shape index (κ2) is 5.39. The largest absolute Gasteiger partial charge is 0.384 e. The summed E-state index contributed by atoms with van der Waals surface area (Å²) >= 11 is 0. The van der Waals surface area contributed by atoms with Gasteiger partial charge in [0.2, 0.25) is 5.95 Å². The second-order valence-corrected chi connectivity index (χ2v) is 2.85. The summed E-state index contributed by atoms with van der Waals surface area (Å²) in [6.07, 6.45) is 1.66. The van der Waals surface area contributed by atoms with E-state index in [1.54, 1.807) is 19.4 Å². The van der Waals surface area contributed by atoms with Gasteiger partial charge in [0.15, 0.2) is 0 Å². The SMILES string of the molecule is CCN(CCOC)c1nccc(N)n1. The Morgan fingerprint density at radius 2 is 2.36 bits per heavy atom. The summed E-state index contributed by atoms with van der Waals surface area (Å²) in [6.45, 7) is 4.32. The van der Waals surface area contributed by atoms with E-state index < -0.39 is 0 Å². The fourth-order valence-electron chi connectivity index (χ4n) is 1.12. The van der Waals surface area contributed by atoms with Gasteiger partial charge in [0.25, 0.3) is 0 Å². The molecule has 0 fully saturated rings. The molecule has 0 aromatic carbocycles. The van der Waals surface area contributed by atoms with E-state index in [4.69, 9.17) is 10.5 Å². The van der Waals surface area contributed by atoms with Crippen LogP contribution in [0.3, 0.4) is 0 Å². The standard InChI is InChI=1S/C9H16N4O/c1-3-13(6-7-14-2)9-11-5-4-8(10)12-9/h4-5H,3,6-7H2,1-2H3,(H2,10,11,12). The third-order valence-corrected chi connectivity index (χ3v) is 1.89. The molecule has 1 aromatic rings. The second-order valence-electron chi connectivity index (χ2n) is 2.85. The minimum absolute atomic E-state index is 0.492. The number of nitrogens with two attached hydrogens (primary N) is 1. The number of methoxy groups -OCH3 is 1. The molecule has 0 aliphatic carbocycles. The van der Waals surface area contributed by atoms with Crippen LogP contribution in [0.1, 0.15) is 6.92 Å². The van der Waals surface area contributed by atoms with Crippen LogP contribution in [-0.4, -0.2) is 36.8 Å². The Bertz CT molecular complexity index is 279. The molecule has 0 saturated heterocycles. The van der Waals surface area contributed by atoms with Crippen LogP contribution in [0.15, 0.2) is 12.3 Å². The van der Waals surface area contributed by atoms with Gasteiger partial charge >= 0.3 is 0 Å². The molecule has 78 valence electrons. The average Bonchev–Trinajstić information content (AvgIpc) is 2.19. The van der Waals surface area contributed by atoms with Crippen LogP contribution in [0.2, 0.25) is 0 Å². The Balaban J connectivity index is 2.68. The monoisotopic (exact) mass is 196 g/mol. The molecular weight excluding hydrogens is 180 g/mol. The topological polar surface area (TPSA) is 64.3 Å². The molecule has 5 heteroatoms.